The Balaban J connectivity index is -0.00000000899. The van der Waals surface area contributed by atoms with Gasteiger partial charge < -0.3 is 33.5 Å². The zero-order chi connectivity index (χ0) is 11.1. The molecule has 0 rings (SSSR count). The third-order valence-electron chi connectivity index (χ3n) is 0.368. The summed E-state index contributed by atoms with van der Waals surface area (Å²) in [7, 11) is -4.64. The third-order valence-corrected chi connectivity index (χ3v) is 0.368. The van der Waals surface area contributed by atoms with Gasteiger partial charge in [0.15, 0.2) is 0 Å². The summed E-state index contributed by atoms with van der Waals surface area (Å²) in [5, 5.41) is 15.6. The standard InChI is InChI=1S/C4H4O4.3Ca.H3O4P.6H/c5-3(6)1-2-4(7)8;;;;1-5(2,3)4;;;;;;/h1-2H,(H,5,6)(H,7,8);;;;(H3,1,2,3,4);;;;;;/q;3*+2;;6*-1/b2-1+;;;;;;;;;;. The van der Waals surface area contributed by atoms with Crippen LogP contribution in [0.25, 0.3) is 0 Å². The predicted molar refractivity (Wildman–Crippen MR) is 62.6 cm³/mol. The summed E-state index contributed by atoms with van der Waals surface area (Å²) in [6.07, 6.45) is 1.12. The van der Waals surface area contributed by atoms with E-state index in [1.165, 1.54) is 0 Å². The van der Waals surface area contributed by atoms with E-state index in [1.807, 2.05) is 0 Å². The molecule has 0 saturated carbocycles. The summed E-state index contributed by atoms with van der Waals surface area (Å²) >= 11 is 0. The molecule has 0 aliphatic heterocycles. The van der Waals surface area contributed by atoms with Crippen molar-refractivity contribution in [1.29, 1.82) is 0 Å². The Morgan fingerprint density at radius 1 is 0.875 bits per heavy atom. The molecular formula is C4H13Ca3O8P. The van der Waals surface area contributed by atoms with Crippen LogP contribution in [0.1, 0.15) is 8.56 Å². The third kappa shape index (κ3) is 70.1. The van der Waals surface area contributed by atoms with Crippen LogP contribution in [0, 0.1) is 0 Å². The summed E-state index contributed by atoms with van der Waals surface area (Å²) in [6, 6.07) is 0. The molecule has 12 heteroatoms. The maximum absolute atomic E-state index is 9.55. The van der Waals surface area contributed by atoms with Crippen molar-refractivity contribution in [2.24, 2.45) is 0 Å². The van der Waals surface area contributed by atoms with Gasteiger partial charge in [0, 0.05) is 12.2 Å². The second-order valence-corrected chi connectivity index (χ2v) is 2.55. The number of aliphatic carboxylic acids is 2. The van der Waals surface area contributed by atoms with Gasteiger partial charge in [-0.3, -0.25) is 0 Å². The van der Waals surface area contributed by atoms with Gasteiger partial charge in [-0.25, -0.2) is 14.2 Å². The van der Waals surface area contributed by atoms with E-state index < -0.39 is 19.8 Å². The first kappa shape index (κ1) is 31.1. The first-order valence-electron chi connectivity index (χ1n) is 2.55. The van der Waals surface area contributed by atoms with Crippen molar-refractivity contribution < 1.29 is 47.6 Å². The molecule has 0 unspecified atom stereocenters. The molecule has 5 N–H and O–H groups in total. The van der Waals surface area contributed by atoms with Crippen LogP contribution in [0.5, 0.6) is 0 Å². The number of carboxylic acid groups (broad SMARTS) is 2. The Bertz CT molecular complexity index is 254. The second-order valence-electron chi connectivity index (χ2n) is 1.52. The fourth-order valence-corrected chi connectivity index (χ4v) is 0.143. The van der Waals surface area contributed by atoms with Crippen molar-refractivity contribution in [3.63, 3.8) is 0 Å². The Labute approximate surface area is 189 Å². The predicted octanol–water partition coefficient (Wildman–Crippen LogP) is -1.68. The first-order valence-corrected chi connectivity index (χ1v) is 4.11. The van der Waals surface area contributed by atoms with Gasteiger partial charge in [0.1, 0.15) is 0 Å². The Morgan fingerprint density at radius 3 is 1.06 bits per heavy atom. The van der Waals surface area contributed by atoms with E-state index in [1.54, 1.807) is 0 Å². The van der Waals surface area contributed by atoms with Crippen LogP contribution < -0.4 is 0 Å². The molecule has 0 saturated heterocycles. The number of carboxylic acids is 2. The quantitative estimate of drug-likeness (QED) is 0.227. The molecule has 0 amide bonds. The average Bonchev–Trinajstić information content (AvgIpc) is 1.79. The van der Waals surface area contributed by atoms with E-state index in [0.717, 1.165) is 0 Å². The molecular weight excluding hydrogens is 327 g/mol. The summed E-state index contributed by atoms with van der Waals surface area (Å²) in [4.78, 5) is 40.7. The maximum atomic E-state index is 9.55. The van der Waals surface area contributed by atoms with E-state index >= 15 is 0 Å². The monoisotopic (exact) mass is 340 g/mol. The molecule has 88 valence electrons. The van der Waals surface area contributed by atoms with Gasteiger partial charge in [-0.05, 0) is 0 Å². The largest absolute Gasteiger partial charge is 2.00 e. The van der Waals surface area contributed by atoms with E-state index in [0.29, 0.717) is 12.2 Å². The normalized spacial score (nSPS) is 8.44. The molecule has 0 spiro atoms. The number of rotatable bonds is 2. The number of hydrogen-bond donors (Lipinski definition) is 5. The molecule has 0 bridgehead atoms. The van der Waals surface area contributed by atoms with Gasteiger partial charge in [-0.15, -0.1) is 0 Å². The summed E-state index contributed by atoms with van der Waals surface area (Å²) in [6.45, 7) is 0. The van der Waals surface area contributed by atoms with Crippen LogP contribution in [-0.2, 0) is 14.2 Å². The molecule has 0 atom stereocenters. The molecule has 0 radical (unpaired) electrons. The van der Waals surface area contributed by atoms with Crippen molar-refractivity contribution in [3.05, 3.63) is 12.2 Å². The fraction of sp³-hybridized carbons (Fsp3) is 0. The Hall–Kier alpha value is 2.57. The minimum Gasteiger partial charge on any atom is -1.00 e. The number of phosphoric acid groups is 1. The fourth-order valence-electron chi connectivity index (χ4n) is 0.143. The molecule has 0 heterocycles. The van der Waals surface area contributed by atoms with Gasteiger partial charge in [0.25, 0.3) is 0 Å². The Kier molecular flexibility index (Phi) is 34.2. The molecule has 0 aliphatic rings. The second kappa shape index (κ2) is 17.6. The van der Waals surface area contributed by atoms with Gasteiger partial charge in [-0.1, -0.05) is 0 Å². The Morgan fingerprint density at radius 2 is 1.00 bits per heavy atom. The van der Waals surface area contributed by atoms with E-state index in [-0.39, 0.29) is 122 Å². The molecule has 0 aromatic heterocycles. The minimum atomic E-state index is -4.64. The van der Waals surface area contributed by atoms with Crippen LogP contribution in [0.2, 0.25) is 0 Å². The summed E-state index contributed by atoms with van der Waals surface area (Å²) < 4.78 is 8.88. The molecule has 0 fully saturated rings. The van der Waals surface area contributed by atoms with Crippen molar-refractivity contribution in [1.82, 2.24) is 0 Å². The maximum Gasteiger partial charge on any atom is 2.00 e. The first-order chi connectivity index (χ1) is 5.63. The van der Waals surface area contributed by atoms with Crippen molar-refractivity contribution >= 4 is 133 Å². The molecule has 0 aliphatic carbocycles. The molecule has 8 nitrogen and oxygen atoms in total. The SMILES string of the molecule is O=C(O)/C=C/C(=O)O.O=P(O)(O)O.[Ca+2].[Ca+2].[Ca+2].[H-].[H-].[H-].[H-].[H-].[H-]. The van der Waals surface area contributed by atoms with Crippen molar-refractivity contribution in [3.8, 4) is 0 Å². The van der Waals surface area contributed by atoms with Crippen LogP contribution in [-0.4, -0.2) is 150 Å². The van der Waals surface area contributed by atoms with Crippen LogP contribution in [0.3, 0.4) is 0 Å². The van der Waals surface area contributed by atoms with E-state index in [9.17, 15) is 9.59 Å². The average molecular weight is 340 g/mol. The summed E-state index contributed by atoms with van der Waals surface area (Å²) in [5.74, 6) is -2.51. The number of hydrogen-bond acceptors (Lipinski definition) is 3. The van der Waals surface area contributed by atoms with Crippen molar-refractivity contribution in [2.75, 3.05) is 0 Å². The molecule has 0 aromatic carbocycles. The van der Waals surface area contributed by atoms with Crippen LogP contribution in [0.4, 0.5) is 0 Å². The van der Waals surface area contributed by atoms with Crippen molar-refractivity contribution in [2.45, 2.75) is 0 Å². The minimum absolute atomic E-state index is 0. The van der Waals surface area contributed by atoms with Gasteiger partial charge in [0.2, 0.25) is 0 Å². The van der Waals surface area contributed by atoms with Gasteiger partial charge in [0.05, 0.1) is 0 Å². The van der Waals surface area contributed by atoms with Gasteiger partial charge in [-0.2, -0.15) is 0 Å². The molecule has 0 aromatic rings. The van der Waals surface area contributed by atoms with E-state index in [2.05, 4.69) is 0 Å². The molecule has 16 heavy (non-hydrogen) atoms. The zero-order valence-corrected chi connectivity index (χ0v) is 15.7. The zero-order valence-electron chi connectivity index (χ0n) is 14.2. The van der Waals surface area contributed by atoms with Gasteiger partial charge >= 0.3 is 133 Å². The topological polar surface area (TPSA) is 152 Å². The number of carbonyl (C=O) groups is 2. The van der Waals surface area contributed by atoms with E-state index in [4.69, 9.17) is 29.5 Å². The van der Waals surface area contributed by atoms with Crippen LogP contribution in [0.15, 0.2) is 12.2 Å². The summed E-state index contributed by atoms with van der Waals surface area (Å²) in [5.41, 5.74) is 0. The van der Waals surface area contributed by atoms with Crippen LogP contribution >= 0.6 is 7.82 Å². The smallest absolute Gasteiger partial charge is 1.00 e.